The summed E-state index contributed by atoms with van der Waals surface area (Å²) in [6.07, 6.45) is 2.54. The highest BCUT2D eigenvalue weighted by atomic mass is 35.5. The molecule has 0 aliphatic rings. The molecule has 6 nitrogen and oxygen atoms in total. The van der Waals surface area contributed by atoms with Gasteiger partial charge in [0.25, 0.3) is 0 Å². The summed E-state index contributed by atoms with van der Waals surface area (Å²) in [6.45, 7) is 6.39. The number of benzene rings is 1. The number of halogens is 1. The van der Waals surface area contributed by atoms with Gasteiger partial charge in [0.2, 0.25) is 11.8 Å². The largest absolute Gasteiger partial charge is 0.424 e. The molecule has 0 saturated heterocycles. The molecule has 2 heterocycles. The van der Waals surface area contributed by atoms with Gasteiger partial charge in [0.1, 0.15) is 0 Å². The fraction of sp³-hybridized carbons (Fsp3) is 0.250. The van der Waals surface area contributed by atoms with E-state index in [-0.39, 0.29) is 0 Å². The van der Waals surface area contributed by atoms with Crippen LogP contribution in [0.25, 0.3) is 11.4 Å². The Labute approximate surface area is 149 Å². The minimum Gasteiger partial charge on any atom is -0.424 e. The lowest BCUT2D eigenvalue weighted by atomic mass is 10.2. The Balaban J connectivity index is 1.82. The first-order valence-corrected chi connectivity index (χ1v) is 8.81. The number of hydrogen-bond acceptors (Lipinski definition) is 6. The highest BCUT2D eigenvalue weighted by molar-refractivity contribution is 7.98. The fourth-order valence-electron chi connectivity index (χ4n) is 2.12. The third-order valence-corrected chi connectivity index (χ3v) is 4.47. The van der Waals surface area contributed by atoms with E-state index in [1.165, 1.54) is 11.8 Å². The molecule has 0 aliphatic carbocycles. The van der Waals surface area contributed by atoms with Gasteiger partial charge in [0, 0.05) is 23.6 Å². The first-order valence-electron chi connectivity index (χ1n) is 7.45. The van der Waals surface area contributed by atoms with Gasteiger partial charge in [-0.1, -0.05) is 36.4 Å². The van der Waals surface area contributed by atoms with Crippen molar-refractivity contribution >= 4 is 23.4 Å². The van der Waals surface area contributed by atoms with Crippen molar-refractivity contribution in [2.24, 2.45) is 0 Å². The van der Waals surface area contributed by atoms with Crippen molar-refractivity contribution in [1.82, 2.24) is 25.0 Å². The van der Waals surface area contributed by atoms with E-state index in [1.54, 1.807) is 0 Å². The molecule has 0 radical (unpaired) electrons. The van der Waals surface area contributed by atoms with Crippen LogP contribution in [-0.2, 0) is 18.7 Å². The molecule has 0 saturated carbocycles. The third kappa shape index (κ3) is 3.68. The van der Waals surface area contributed by atoms with Crippen molar-refractivity contribution in [3.63, 3.8) is 0 Å². The zero-order chi connectivity index (χ0) is 16.9. The second-order valence-corrected chi connectivity index (χ2v) is 6.32. The van der Waals surface area contributed by atoms with Crippen LogP contribution in [0.3, 0.4) is 0 Å². The van der Waals surface area contributed by atoms with Crippen LogP contribution in [0.4, 0.5) is 0 Å². The maximum atomic E-state index is 5.95. The van der Waals surface area contributed by atoms with Crippen molar-refractivity contribution in [3.8, 4) is 11.4 Å². The maximum Gasteiger partial charge on any atom is 0.226 e. The first kappa shape index (κ1) is 16.7. The summed E-state index contributed by atoms with van der Waals surface area (Å²) >= 11 is 7.45. The Bertz CT molecular complexity index is 827. The highest BCUT2D eigenvalue weighted by Gasteiger charge is 2.15. The van der Waals surface area contributed by atoms with Gasteiger partial charge in [-0.15, -0.1) is 27.0 Å². The van der Waals surface area contributed by atoms with Crippen LogP contribution < -0.4 is 0 Å². The SMILES string of the molecule is C=CCn1c(SCc2nnc(CC)o2)nnc1-c1ccc(Cl)cc1. The number of aromatic nitrogens is 5. The predicted molar refractivity (Wildman–Crippen MR) is 93.9 cm³/mol. The Morgan fingerprint density at radius 1 is 1.17 bits per heavy atom. The van der Waals surface area contributed by atoms with Gasteiger partial charge >= 0.3 is 0 Å². The quantitative estimate of drug-likeness (QED) is 0.467. The van der Waals surface area contributed by atoms with Gasteiger partial charge in [-0.05, 0) is 24.3 Å². The van der Waals surface area contributed by atoms with Gasteiger partial charge in [0.05, 0.1) is 5.75 Å². The minimum atomic E-state index is 0.545. The van der Waals surface area contributed by atoms with E-state index in [4.69, 9.17) is 16.0 Å². The van der Waals surface area contributed by atoms with E-state index in [0.717, 1.165) is 23.0 Å². The Hall–Kier alpha value is -2.12. The van der Waals surface area contributed by atoms with Crippen LogP contribution in [0, 0.1) is 0 Å². The lowest BCUT2D eigenvalue weighted by Gasteiger charge is -2.07. The van der Waals surface area contributed by atoms with Crippen LogP contribution in [0.5, 0.6) is 0 Å². The average Bonchev–Trinajstić information content (AvgIpc) is 3.21. The van der Waals surface area contributed by atoms with Crippen molar-refractivity contribution in [3.05, 3.63) is 53.7 Å². The fourth-order valence-corrected chi connectivity index (χ4v) is 3.03. The number of allylic oxidation sites excluding steroid dienone is 1. The second kappa shape index (κ2) is 7.63. The standard InChI is InChI=1S/C16H16ClN5OS/c1-3-9-22-15(11-5-7-12(17)8-6-11)20-21-16(22)24-10-14-19-18-13(4-2)23-14/h3,5-8H,1,4,9-10H2,2H3. The number of rotatable bonds is 7. The summed E-state index contributed by atoms with van der Waals surface area (Å²) in [7, 11) is 0. The smallest absolute Gasteiger partial charge is 0.226 e. The molecule has 24 heavy (non-hydrogen) atoms. The second-order valence-electron chi connectivity index (χ2n) is 4.94. The monoisotopic (exact) mass is 361 g/mol. The van der Waals surface area contributed by atoms with E-state index < -0.39 is 0 Å². The highest BCUT2D eigenvalue weighted by Crippen LogP contribution is 2.27. The van der Waals surface area contributed by atoms with Gasteiger partial charge in [0.15, 0.2) is 11.0 Å². The molecular formula is C16H16ClN5OS. The molecule has 124 valence electrons. The van der Waals surface area contributed by atoms with E-state index in [2.05, 4.69) is 27.0 Å². The Morgan fingerprint density at radius 2 is 1.92 bits per heavy atom. The van der Waals surface area contributed by atoms with Crippen LogP contribution in [0.15, 0.2) is 46.5 Å². The van der Waals surface area contributed by atoms with Crippen molar-refractivity contribution in [2.45, 2.75) is 30.8 Å². The lowest BCUT2D eigenvalue weighted by Crippen LogP contribution is -2.00. The van der Waals surface area contributed by atoms with Crippen molar-refractivity contribution < 1.29 is 4.42 Å². The third-order valence-electron chi connectivity index (χ3n) is 3.27. The molecule has 3 rings (SSSR count). The molecule has 0 atom stereocenters. The summed E-state index contributed by atoms with van der Waals surface area (Å²) in [6, 6.07) is 7.51. The number of hydrogen-bond donors (Lipinski definition) is 0. The molecule has 3 aromatic rings. The van der Waals surface area contributed by atoms with E-state index >= 15 is 0 Å². The summed E-state index contributed by atoms with van der Waals surface area (Å²) in [5.74, 6) is 2.54. The van der Waals surface area contributed by atoms with Crippen molar-refractivity contribution in [1.29, 1.82) is 0 Å². The lowest BCUT2D eigenvalue weighted by molar-refractivity contribution is 0.469. The molecule has 0 unspecified atom stereocenters. The molecule has 0 fully saturated rings. The van der Waals surface area contributed by atoms with E-state index in [1.807, 2.05) is 41.8 Å². The minimum absolute atomic E-state index is 0.545. The number of aryl methyl sites for hydroxylation is 1. The zero-order valence-corrected chi connectivity index (χ0v) is 14.7. The molecule has 0 amide bonds. The summed E-state index contributed by atoms with van der Waals surface area (Å²) < 4.78 is 7.52. The number of thioether (sulfide) groups is 1. The topological polar surface area (TPSA) is 69.6 Å². The molecule has 0 aliphatic heterocycles. The average molecular weight is 362 g/mol. The van der Waals surface area contributed by atoms with Crippen LogP contribution in [-0.4, -0.2) is 25.0 Å². The van der Waals surface area contributed by atoms with E-state index in [0.29, 0.717) is 29.1 Å². The summed E-state index contributed by atoms with van der Waals surface area (Å²) in [5, 5.41) is 18.0. The molecule has 2 aromatic heterocycles. The Kier molecular flexibility index (Phi) is 5.32. The molecule has 8 heteroatoms. The zero-order valence-electron chi connectivity index (χ0n) is 13.1. The Morgan fingerprint density at radius 3 is 2.58 bits per heavy atom. The molecular weight excluding hydrogens is 346 g/mol. The van der Waals surface area contributed by atoms with Crippen LogP contribution in [0.2, 0.25) is 5.02 Å². The van der Waals surface area contributed by atoms with Gasteiger partial charge in [-0.2, -0.15) is 0 Å². The van der Waals surface area contributed by atoms with Gasteiger partial charge in [-0.25, -0.2) is 0 Å². The summed E-state index contributed by atoms with van der Waals surface area (Å²) in [4.78, 5) is 0. The van der Waals surface area contributed by atoms with E-state index in [9.17, 15) is 0 Å². The van der Waals surface area contributed by atoms with Crippen molar-refractivity contribution in [2.75, 3.05) is 0 Å². The number of nitrogens with zero attached hydrogens (tertiary/aromatic N) is 5. The van der Waals surface area contributed by atoms with Crippen LogP contribution >= 0.6 is 23.4 Å². The molecule has 0 bridgehead atoms. The van der Waals surface area contributed by atoms with Gasteiger partial charge < -0.3 is 4.42 Å². The predicted octanol–water partition coefficient (Wildman–Crippen LogP) is 4.02. The molecule has 0 spiro atoms. The molecule has 1 aromatic carbocycles. The maximum absolute atomic E-state index is 5.95. The summed E-state index contributed by atoms with van der Waals surface area (Å²) in [5.41, 5.74) is 0.951. The van der Waals surface area contributed by atoms with Crippen LogP contribution in [0.1, 0.15) is 18.7 Å². The van der Waals surface area contributed by atoms with Gasteiger partial charge in [-0.3, -0.25) is 4.57 Å². The first-order chi connectivity index (χ1) is 11.7. The normalized spacial score (nSPS) is 10.9. The molecule has 0 N–H and O–H groups in total.